The second-order valence-electron chi connectivity index (χ2n) is 3.32. The number of ether oxygens (including phenoxy) is 1. The monoisotopic (exact) mass is 259 g/mol. The van der Waals surface area contributed by atoms with Crippen molar-refractivity contribution in [3.63, 3.8) is 0 Å². The quantitative estimate of drug-likeness (QED) is 0.442. The van der Waals surface area contributed by atoms with Crippen molar-refractivity contribution in [1.82, 2.24) is 0 Å². The zero-order valence-electron chi connectivity index (χ0n) is 11.3. The summed E-state index contributed by atoms with van der Waals surface area (Å²) in [5.74, 6) is 0.0374. The van der Waals surface area contributed by atoms with Gasteiger partial charge in [0.2, 0.25) is 0 Å². The maximum Gasteiger partial charge on any atom is 0.129 e. The van der Waals surface area contributed by atoms with Crippen molar-refractivity contribution in [2.75, 3.05) is 0 Å². The molecule has 0 aliphatic rings. The number of hydrogen-bond acceptors (Lipinski definition) is 2. The van der Waals surface area contributed by atoms with Crippen LogP contribution in [0.4, 0.5) is 4.39 Å². The first-order valence-electron chi connectivity index (χ1n) is 5.95. The van der Waals surface area contributed by atoms with Crippen LogP contribution in [0.2, 0.25) is 0 Å². The van der Waals surface area contributed by atoms with E-state index in [1.165, 1.54) is 18.2 Å². The second-order valence-corrected chi connectivity index (χ2v) is 3.32. The maximum absolute atomic E-state index is 13.2. The molecule has 3 heteroatoms. The van der Waals surface area contributed by atoms with Crippen LogP contribution in [0, 0.1) is 17.1 Å². The molecule has 0 spiro atoms. The molecule has 0 aromatic heterocycles. The minimum absolute atomic E-state index is 0.106. The van der Waals surface area contributed by atoms with E-state index in [1.807, 2.05) is 19.9 Å². The van der Waals surface area contributed by atoms with Gasteiger partial charge in [0.15, 0.2) is 0 Å². The molecule has 0 atom stereocenters. The zero-order chi connectivity index (χ0) is 14.7. The third-order valence-corrected chi connectivity index (χ3v) is 1.98. The first-order valence-corrected chi connectivity index (χ1v) is 5.95. The molecule has 1 aromatic rings. The highest BCUT2D eigenvalue weighted by Crippen LogP contribution is 2.10. The van der Waals surface area contributed by atoms with Crippen molar-refractivity contribution in [3.8, 4) is 6.07 Å². The fourth-order valence-electron chi connectivity index (χ4n) is 1.06. The van der Waals surface area contributed by atoms with Crippen LogP contribution in [0.25, 0.3) is 0 Å². The van der Waals surface area contributed by atoms with E-state index in [-0.39, 0.29) is 12.4 Å². The molecule has 0 saturated carbocycles. The van der Waals surface area contributed by atoms with Crippen LogP contribution in [0.15, 0.2) is 60.9 Å². The normalized spacial score (nSPS) is 9.16. The van der Waals surface area contributed by atoms with Gasteiger partial charge in [0.05, 0.1) is 6.07 Å². The molecule has 0 fully saturated rings. The molecule has 0 aliphatic heterocycles. The fraction of sp³-hybridized carbons (Fsp3) is 0.188. The fourth-order valence-corrected chi connectivity index (χ4v) is 1.06. The Kier molecular flexibility index (Phi) is 8.48. The number of hydrogen-bond donors (Lipinski definition) is 0. The van der Waals surface area contributed by atoms with Gasteiger partial charge in [-0.3, -0.25) is 0 Å². The van der Waals surface area contributed by atoms with Crippen molar-refractivity contribution in [2.45, 2.75) is 20.5 Å². The number of allylic oxidation sites excluding steroid dienone is 3. The summed E-state index contributed by atoms with van der Waals surface area (Å²) in [5.41, 5.74) is 0.766. The smallest absolute Gasteiger partial charge is 0.129 e. The molecular weight excluding hydrogens is 241 g/mol. The van der Waals surface area contributed by atoms with Crippen molar-refractivity contribution in [1.29, 1.82) is 5.26 Å². The molecule has 0 aliphatic carbocycles. The topological polar surface area (TPSA) is 33.0 Å². The van der Waals surface area contributed by atoms with E-state index in [1.54, 1.807) is 18.2 Å². The van der Waals surface area contributed by atoms with Gasteiger partial charge >= 0.3 is 0 Å². The summed E-state index contributed by atoms with van der Waals surface area (Å²) in [7, 11) is 0. The SMILES string of the molecule is C=C(C#N)/C=C\C(=C)OCc1ccccc1F.CC. The molecule has 2 nitrogen and oxygen atoms in total. The molecular formula is C16H18FNO. The van der Waals surface area contributed by atoms with Crippen molar-refractivity contribution in [2.24, 2.45) is 0 Å². The van der Waals surface area contributed by atoms with Gasteiger partial charge < -0.3 is 4.74 Å². The molecule has 0 saturated heterocycles. The Balaban J connectivity index is 0.00000154. The van der Waals surface area contributed by atoms with Gasteiger partial charge in [0, 0.05) is 11.1 Å². The molecule has 0 N–H and O–H groups in total. The molecule has 1 aromatic carbocycles. The van der Waals surface area contributed by atoms with E-state index in [4.69, 9.17) is 10.00 Å². The van der Waals surface area contributed by atoms with E-state index in [0.717, 1.165) is 0 Å². The molecule has 0 heterocycles. The zero-order valence-corrected chi connectivity index (χ0v) is 11.3. The average molecular weight is 259 g/mol. The van der Waals surface area contributed by atoms with E-state index in [9.17, 15) is 4.39 Å². The van der Waals surface area contributed by atoms with Crippen LogP contribution >= 0.6 is 0 Å². The lowest BCUT2D eigenvalue weighted by Crippen LogP contribution is -1.94. The summed E-state index contributed by atoms with van der Waals surface area (Å²) in [6.45, 7) is 11.2. The van der Waals surface area contributed by atoms with Crippen LogP contribution < -0.4 is 0 Å². The third-order valence-electron chi connectivity index (χ3n) is 1.98. The van der Waals surface area contributed by atoms with Gasteiger partial charge in [-0.05, 0) is 18.2 Å². The Hall–Kier alpha value is -2.34. The van der Waals surface area contributed by atoms with Crippen LogP contribution in [0.3, 0.4) is 0 Å². The number of rotatable bonds is 5. The Bertz CT molecular complexity index is 498. The molecule has 0 radical (unpaired) electrons. The Labute approximate surface area is 114 Å². The van der Waals surface area contributed by atoms with Gasteiger partial charge in [0.25, 0.3) is 0 Å². The van der Waals surface area contributed by atoms with Gasteiger partial charge in [-0.15, -0.1) is 0 Å². The lowest BCUT2D eigenvalue weighted by atomic mass is 10.2. The average Bonchev–Trinajstić information content (AvgIpc) is 2.46. The van der Waals surface area contributed by atoms with E-state index in [0.29, 0.717) is 16.9 Å². The Morgan fingerprint density at radius 3 is 2.53 bits per heavy atom. The largest absolute Gasteiger partial charge is 0.489 e. The first kappa shape index (κ1) is 16.7. The highest BCUT2D eigenvalue weighted by Gasteiger charge is 2.00. The van der Waals surface area contributed by atoms with Gasteiger partial charge in [0.1, 0.15) is 18.2 Å². The summed E-state index contributed by atoms with van der Waals surface area (Å²) in [6.07, 6.45) is 3.01. The highest BCUT2D eigenvalue weighted by atomic mass is 19.1. The summed E-state index contributed by atoms with van der Waals surface area (Å²) in [5, 5.41) is 8.47. The van der Waals surface area contributed by atoms with Crippen LogP contribution in [-0.4, -0.2) is 0 Å². The number of nitrogens with zero attached hydrogens (tertiary/aromatic N) is 1. The predicted molar refractivity (Wildman–Crippen MR) is 75.6 cm³/mol. The van der Waals surface area contributed by atoms with Gasteiger partial charge in [-0.1, -0.05) is 45.2 Å². The number of benzene rings is 1. The van der Waals surface area contributed by atoms with Crippen molar-refractivity contribution in [3.05, 3.63) is 72.3 Å². The van der Waals surface area contributed by atoms with Gasteiger partial charge in [-0.2, -0.15) is 5.26 Å². The molecule has 0 bridgehead atoms. The molecule has 1 rings (SSSR count). The standard InChI is InChI=1S/C14H12FNO.C2H6/c1-11(9-16)7-8-12(2)17-10-13-5-3-4-6-14(13)15;1-2/h3-8H,1-2,10H2;1-2H3/b8-7-;. The van der Waals surface area contributed by atoms with E-state index >= 15 is 0 Å². The highest BCUT2D eigenvalue weighted by molar-refractivity contribution is 5.32. The summed E-state index contributed by atoms with van der Waals surface area (Å²) in [4.78, 5) is 0. The second kappa shape index (κ2) is 9.67. The third kappa shape index (κ3) is 6.85. The molecule has 100 valence electrons. The van der Waals surface area contributed by atoms with E-state index < -0.39 is 0 Å². The minimum Gasteiger partial charge on any atom is -0.489 e. The van der Waals surface area contributed by atoms with Crippen LogP contribution in [-0.2, 0) is 11.3 Å². The Morgan fingerprint density at radius 2 is 1.95 bits per heavy atom. The minimum atomic E-state index is -0.314. The summed E-state index contributed by atoms with van der Waals surface area (Å²) in [6, 6.07) is 8.22. The van der Waals surface area contributed by atoms with Crippen molar-refractivity contribution >= 4 is 0 Å². The van der Waals surface area contributed by atoms with Crippen LogP contribution in [0.1, 0.15) is 19.4 Å². The summed E-state index contributed by atoms with van der Waals surface area (Å²) >= 11 is 0. The molecule has 19 heavy (non-hydrogen) atoms. The Morgan fingerprint density at radius 1 is 1.32 bits per heavy atom. The lowest BCUT2D eigenvalue weighted by Gasteiger charge is -2.06. The van der Waals surface area contributed by atoms with Crippen molar-refractivity contribution < 1.29 is 9.13 Å². The van der Waals surface area contributed by atoms with E-state index in [2.05, 4.69) is 13.2 Å². The maximum atomic E-state index is 13.2. The van der Waals surface area contributed by atoms with Crippen LogP contribution in [0.5, 0.6) is 0 Å². The number of halogens is 1. The summed E-state index contributed by atoms with van der Waals surface area (Å²) < 4.78 is 18.5. The molecule has 0 unspecified atom stereocenters. The first-order chi connectivity index (χ1) is 9.13. The predicted octanol–water partition coefficient (Wildman–Crippen LogP) is 4.52. The number of nitriles is 1. The molecule has 0 amide bonds. The lowest BCUT2D eigenvalue weighted by molar-refractivity contribution is 0.208. The van der Waals surface area contributed by atoms with Gasteiger partial charge in [-0.25, -0.2) is 4.39 Å².